The average Bonchev–Trinajstić information content (AvgIpc) is 2.66. The molecule has 4 amide bonds. The Morgan fingerprint density at radius 3 is 2.37 bits per heavy atom. The monoisotopic (exact) mass is 375 g/mol. The van der Waals surface area contributed by atoms with E-state index in [0.29, 0.717) is 25.9 Å². The van der Waals surface area contributed by atoms with Gasteiger partial charge >= 0.3 is 6.03 Å². The fraction of sp³-hybridized carbons (Fsp3) is 0.526. The van der Waals surface area contributed by atoms with Gasteiger partial charge < -0.3 is 26.6 Å². The maximum absolute atomic E-state index is 12.2. The molecule has 1 saturated heterocycles. The van der Waals surface area contributed by atoms with E-state index in [-0.39, 0.29) is 36.3 Å². The Kier molecular flexibility index (Phi) is 7.60. The van der Waals surface area contributed by atoms with Crippen molar-refractivity contribution in [1.82, 2.24) is 15.5 Å². The van der Waals surface area contributed by atoms with Crippen molar-refractivity contribution in [2.75, 3.05) is 25.0 Å². The molecule has 0 saturated carbocycles. The normalized spacial score (nSPS) is 15.9. The van der Waals surface area contributed by atoms with Crippen LogP contribution in [-0.2, 0) is 9.59 Å². The van der Waals surface area contributed by atoms with Gasteiger partial charge in [0.25, 0.3) is 0 Å². The first-order valence-electron chi connectivity index (χ1n) is 9.30. The van der Waals surface area contributed by atoms with Gasteiger partial charge in [0.15, 0.2) is 0 Å². The Balaban J connectivity index is 1.69. The summed E-state index contributed by atoms with van der Waals surface area (Å²) in [7, 11) is 0. The fourth-order valence-electron chi connectivity index (χ4n) is 2.84. The van der Waals surface area contributed by atoms with E-state index in [1.807, 2.05) is 44.2 Å². The Labute approximate surface area is 159 Å². The van der Waals surface area contributed by atoms with Crippen molar-refractivity contribution in [3.05, 3.63) is 30.3 Å². The lowest BCUT2D eigenvalue weighted by Gasteiger charge is -2.32. The number of urea groups is 1. The summed E-state index contributed by atoms with van der Waals surface area (Å²) in [5.74, 6) is -0.428. The number of likely N-dealkylation sites (tertiary alicyclic amines) is 1. The maximum Gasteiger partial charge on any atom is 0.319 e. The first kappa shape index (κ1) is 20.7. The van der Waals surface area contributed by atoms with Crippen molar-refractivity contribution >= 4 is 23.5 Å². The molecule has 1 aliphatic rings. The first-order valence-corrected chi connectivity index (χ1v) is 9.30. The predicted molar refractivity (Wildman–Crippen MR) is 104 cm³/mol. The summed E-state index contributed by atoms with van der Waals surface area (Å²) in [6.07, 6.45) is 1.35. The smallest absolute Gasteiger partial charge is 0.319 e. The molecule has 8 nitrogen and oxygen atoms in total. The summed E-state index contributed by atoms with van der Waals surface area (Å²) in [5.41, 5.74) is 6.50. The molecule has 0 aliphatic carbocycles. The number of nitrogens with one attached hydrogen (secondary N) is 3. The van der Waals surface area contributed by atoms with Crippen LogP contribution in [-0.4, -0.2) is 54.5 Å². The molecule has 0 spiro atoms. The number of rotatable bonds is 6. The molecule has 1 heterocycles. The molecule has 1 aromatic rings. The lowest BCUT2D eigenvalue weighted by Crippen LogP contribution is -2.51. The quantitative estimate of drug-likeness (QED) is 0.591. The summed E-state index contributed by atoms with van der Waals surface area (Å²) in [5, 5.41) is 8.31. The largest absolute Gasteiger partial charge is 0.346 e. The second-order valence-corrected chi connectivity index (χ2v) is 7.11. The third-order valence-corrected chi connectivity index (χ3v) is 4.65. The number of nitrogens with two attached hydrogens (primary N) is 1. The molecule has 1 aromatic carbocycles. The van der Waals surface area contributed by atoms with Gasteiger partial charge in [0.2, 0.25) is 11.8 Å². The molecule has 8 heteroatoms. The zero-order valence-electron chi connectivity index (χ0n) is 15.9. The van der Waals surface area contributed by atoms with Crippen LogP contribution in [0.1, 0.15) is 26.7 Å². The van der Waals surface area contributed by atoms with Crippen LogP contribution in [0.4, 0.5) is 10.5 Å². The number of nitrogens with zero attached hydrogens (tertiary/aromatic N) is 1. The van der Waals surface area contributed by atoms with E-state index in [0.717, 1.165) is 5.69 Å². The van der Waals surface area contributed by atoms with Crippen LogP contribution in [0.15, 0.2) is 30.3 Å². The highest BCUT2D eigenvalue weighted by Crippen LogP contribution is 2.11. The molecular formula is C19H29N5O3. The third kappa shape index (κ3) is 6.56. The van der Waals surface area contributed by atoms with Gasteiger partial charge in [-0.2, -0.15) is 0 Å². The van der Waals surface area contributed by atoms with Gasteiger partial charge in [-0.25, -0.2) is 4.79 Å². The second kappa shape index (κ2) is 9.91. The van der Waals surface area contributed by atoms with Crippen molar-refractivity contribution in [2.24, 2.45) is 11.7 Å². The van der Waals surface area contributed by atoms with Gasteiger partial charge in [-0.3, -0.25) is 9.59 Å². The summed E-state index contributed by atoms with van der Waals surface area (Å²) in [4.78, 5) is 37.8. The van der Waals surface area contributed by atoms with Gasteiger partial charge in [-0.05, 0) is 30.9 Å². The van der Waals surface area contributed by atoms with E-state index in [9.17, 15) is 14.4 Å². The molecule has 1 atom stereocenters. The minimum atomic E-state index is -0.615. The zero-order chi connectivity index (χ0) is 19.8. The summed E-state index contributed by atoms with van der Waals surface area (Å²) in [6, 6.07) is 8.38. The lowest BCUT2D eigenvalue weighted by molar-refractivity contribution is -0.134. The highest BCUT2D eigenvalue weighted by atomic mass is 16.2. The van der Waals surface area contributed by atoms with E-state index in [4.69, 9.17) is 5.73 Å². The van der Waals surface area contributed by atoms with Crippen molar-refractivity contribution in [1.29, 1.82) is 0 Å². The van der Waals surface area contributed by atoms with Crippen LogP contribution < -0.4 is 21.7 Å². The number of para-hydroxylation sites is 1. The summed E-state index contributed by atoms with van der Waals surface area (Å²) >= 11 is 0. The van der Waals surface area contributed by atoms with Crippen LogP contribution >= 0.6 is 0 Å². The number of carbonyl (C=O) groups is 3. The van der Waals surface area contributed by atoms with Crippen LogP contribution in [0.25, 0.3) is 0 Å². The number of anilines is 1. The Bertz CT molecular complexity index is 642. The van der Waals surface area contributed by atoms with Crippen molar-refractivity contribution in [3.63, 3.8) is 0 Å². The first-order chi connectivity index (χ1) is 12.9. The van der Waals surface area contributed by atoms with E-state index in [2.05, 4.69) is 16.0 Å². The number of piperidine rings is 1. The molecule has 27 heavy (non-hydrogen) atoms. The minimum Gasteiger partial charge on any atom is -0.346 e. The summed E-state index contributed by atoms with van der Waals surface area (Å²) in [6.45, 7) is 4.75. The summed E-state index contributed by atoms with van der Waals surface area (Å²) < 4.78 is 0. The highest BCUT2D eigenvalue weighted by Gasteiger charge is 2.25. The zero-order valence-corrected chi connectivity index (χ0v) is 15.9. The molecule has 0 aromatic heterocycles. The lowest BCUT2D eigenvalue weighted by atomic mass is 10.0. The van der Waals surface area contributed by atoms with Crippen molar-refractivity contribution in [2.45, 2.75) is 38.8 Å². The molecule has 2 rings (SSSR count). The number of hydrogen-bond acceptors (Lipinski definition) is 4. The topological polar surface area (TPSA) is 117 Å². The predicted octanol–water partition coefficient (Wildman–Crippen LogP) is 0.899. The Morgan fingerprint density at radius 2 is 1.78 bits per heavy atom. The molecule has 5 N–H and O–H groups in total. The maximum atomic E-state index is 12.2. The highest BCUT2D eigenvalue weighted by molar-refractivity contribution is 5.89. The van der Waals surface area contributed by atoms with Crippen LogP contribution in [0.2, 0.25) is 0 Å². The molecular weight excluding hydrogens is 346 g/mol. The Hall–Kier alpha value is -2.61. The fourth-order valence-corrected chi connectivity index (χ4v) is 2.84. The third-order valence-electron chi connectivity index (χ3n) is 4.65. The van der Waals surface area contributed by atoms with Gasteiger partial charge in [-0.1, -0.05) is 32.0 Å². The molecule has 1 aliphatic heterocycles. The molecule has 148 valence electrons. The molecule has 0 radical (unpaired) electrons. The number of hydrogen-bond donors (Lipinski definition) is 4. The second-order valence-electron chi connectivity index (χ2n) is 7.11. The van der Waals surface area contributed by atoms with E-state index in [1.54, 1.807) is 4.90 Å². The van der Waals surface area contributed by atoms with Crippen molar-refractivity contribution < 1.29 is 14.4 Å². The van der Waals surface area contributed by atoms with E-state index < -0.39 is 6.04 Å². The van der Waals surface area contributed by atoms with E-state index in [1.165, 1.54) is 0 Å². The van der Waals surface area contributed by atoms with Crippen molar-refractivity contribution in [3.8, 4) is 0 Å². The molecule has 1 fully saturated rings. The SMILES string of the molecule is CC(C)[C@H](N)C(=O)NCC(=O)N1CCC(NC(=O)Nc2ccccc2)CC1. The van der Waals surface area contributed by atoms with Gasteiger partial charge in [0.1, 0.15) is 0 Å². The Morgan fingerprint density at radius 1 is 1.15 bits per heavy atom. The number of benzene rings is 1. The van der Waals surface area contributed by atoms with Crippen LogP contribution in [0.5, 0.6) is 0 Å². The van der Waals surface area contributed by atoms with Crippen LogP contribution in [0.3, 0.4) is 0 Å². The van der Waals surface area contributed by atoms with E-state index >= 15 is 0 Å². The van der Waals surface area contributed by atoms with Gasteiger partial charge in [0.05, 0.1) is 12.6 Å². The molecule has 0 unspecified atom stereocenters. The van der Waals surface area contributed by atoms with Gasteiger partial charge in [0, 0.05) is 24.8 Å². The number of carbonyl (C=O) groups excluding carboxylic acids is 3. The van der Waals surface area contributed by atoms with Gasteiger partial charge in [-0.15, -0.1) is 0 Å². The average molecular weight is 375 g/mol. The van der Waals surface area contributed by atoms with Crippen LogP contribution in [0, 0.1) is 5.92 Å². The number of amides is 4. The molecule has 0 bridgehead atoms. The minimum absolute atomic E-state index is 0.0155. The standard InChI is InChI=1S/C19H29N5O3/c1-13(2)17(20)18(26)21-12-16(25)24-10-8-15(9-11-24)23-19(27)22-14-6-4-3-5-7-14/h3-7,13,15,17H,8-12,20H2,1-2H3,(H,21,26)(H2,22,23,27)/t17-/m0/s1.